The van der Waals surface area contributed by atoms with E-state index in [2.05, 4.69) is 15.9 Å². The molecule has 0 fully saturated rings. The molecule has 0 aromatic heterocycles. The molecule has 0 aliphatic rings. The lowest BCUT2D eigenvalue weighted by molar-refractivity contribution is 0.0733. The molecule has 2 aromatic carbocycles. The average molecular weight is 335 g/mol. The van der Waals surface area contributed by atoms with Crippen LogP contribution in [-0.4, -0.2) is 13.1 Å². The molecule has 3 nitrogen and oxygen atoms in total. The third-order valence-electron chi connectivity index (χ3n) is 2.93. The molecule has 0 unspecified atom stereocenters. The fourth-order valence-corrected chi connectivity index (χ4v) is 2.31. The first kappa shape index (κ1) is 14.6. The Morgan fingerprint density at radius 1 is 1.05 bits per heavy atom. The summed E-state index contributed by atoms with van der Waals surface area (Å²) in [4.78, 5) is 12.1. The van der Waals surface area contributed by atoms with Gasteiger partial charge in [-0.15, -0.1) is 0 Å². The first-order valence-corrected chi connectivity index (χ1v) is 6.93. The highest BCUT2D eigenvalue weighted by Gasteiger charge is 2.12. The summed E-state index contributed by atoms with van der Waals surface area (Å²) in [6.45, 7) is 3.87. The maximum Gasteiger partial charge on any atom is 0.343 e. The minimum atomic E-state index is -0.387. The highest BCUT2D eigenvalue weighted by atomic mass is 79.9. The van der Waals surface area contributed by atoms with Crippen LogP contribution in [-0.2, 0) is 0 Å². The number of carbonyl (C=O) groups is 1. The van der Waals surface area contributed by atoms with Crippen molar-refractivity contribution in [1.29, 1.82) is 0 Å². The Hall–Kier alpha value is -1.81. The van der Waals surface area contributed by atoms with Gasteiger partial charge in [0.25, 0.3) is 0 Å². The van der Waals surface area contributed by atoms with Gasteiger partial charge in [-0.1, -0.05) is 12.1 Å². The number of carbonyl (C=O) groups excluding carboxylic acids is 1. The molecule has 0 spiro atoms. The number of hydrogen-bond donors (Lipinski definition) is 0. The van der Waals surface area contributed by atoms with E-state index >= 15 is 0 Å². The zero-order valence-electron chi connectivity index (χ0n) is 11.6. The minimum absolute atomic E-state index is 0.387. The van der Waals surface area contributed by atoms with Gasteiger partial charge in [-0.25, -0.2) is 4.79 Å². The van der Waals surface area contributed by atoms with Crippen molar-refractivity contribution in [3.8, 4) is 11.5 Å². The second-order valence-corrected chi connectivity index (χ2v) is 5.36. The van der Waals surface area contributed by atoms with Crippen LogP contribution in [0.25, 0.3) is 0 Å². The molecule has 0 N–H and O–H groups in total. The molecule has 0 bridgehead atoms. The van der Waals surface area contributed by atoms with Gasteiger partial charge in [-0.3, -0.25) is 0 Å². The normalized spacial score (nSPS) is 10.2. The van der Waals surface area contributed by atoms with E-state index < -0.39 is 0 Å². The number of halogens is 1. The van der Waals surface area contributed by atoms with Gasteiger partial charge in [0, 0.05) is 0 Å². The van der Waals surface area contributed by atoms with Gasteiger partial charge in [0.15, 0.2) is 0 Å². The molecule has 0 saturated heterocycles. The zero-order valence-corrected chi connectivity index (χ0v) is 13.2. The predicted octanol–water partition coefficient (Wildman–Crippen LogP) is 4.29. The monoisotopic (exact) mass is 334 g/mol. The Balaban J connectivity index is 2.24. The molecule has 0 saturated carbocycles. The largest absolute Gasteiger partial charge is 0.496 e. The Kier molecular flexibility index (Phi) is 4.45. The number of aryl methyl sites for hydroxylation is 2. The lowest BCUT2D eigenvalue weighted by Crippen LogP contribution is -2.09. The molecule has 2 aromatic rings. The van der Waals surface area contributed by atoms with Gasteiger partial charge in [0.1, 0.15) is 11.5 Å². The van der Waals surface area contributed by atoms with Crippen molar-refractivity contribution in [3.63, 3.8) is 0 Å². The van der Waals surface area contributed by atoms with Gasteiger partial charge in [0.05, 0.1) is 17.1 Å². The van der Waals surface area contributed by atoms with Crippen LogP contribution in [0, 0.1) is 13.8 Å². The quantitative estimate of drug-likeness (QED) is 0.620. The molecular formula is C16H15BrO3. The SMILES string of the molecule is COc1ccc(C(=O)Oc2cc(C)ccc2C)cc1Br. The van der Waals surface area contributed by atoms with Crippen LogP contribution in [0.3, 0.4) is 0 Å². The number of rotatable bonds is 3. The summed E-state index contributed by atoms with van der Waals surface area (Å²) in [6.07, 6.45) is 0. The van der Waals surface area contributed by atoms with Gasteiger partial charge in [-0.05, 0) is 65.2 Å². The second kappa shape index (κ2) is 6.09. The Bertz CT molecular complexity index is 650. The molecule has 104 valence electrons. The van der Waals surface area contributed by atoms with E-state index in [1.54, 1.807) is 25.3 Å². The van der Waals surface area contributed by atoms with Gasteiger partial charge in [0.2, 0.25) is 0 Å². The lowest BCUT2D eigenvalue weighted by Gasteiger charge is -2.09. The van der Waals surface area contributed by atoms with Crippen LogP contribution < -0.4 is 9.47 Å². The molecule has 2 rings (SSSR count). The number of esters is 1. The Morgan fingerprint density at radius 3 is 2.45 bits per heavy atom. The van der Waals surface area contributed by atoms with E-state index in [-0.39, 0.29) is 5.97 Å². The third-order valence-corrected chi connectivity index (χ3v) is 3.55. The Morgan fingerprint density at radius 2 is 1.80 bits per heavy atom. The molecule has 0 radical (unpaired) electrons. The van der Waals surface area contributed by atoms with Crippen molar-refractivity contribution >= 4 is 21.9 Å². The van der Waals surface area contributed by atoms with Gasteiger partial charge in [-0.2, -0.15) is 0 Å². The molecule has 0 aliphatic heterocycles. The van der Waals surface area contributed by atoms with Crippen molar-refractivity contribution in [3.05, 3.63) is 57.6 Å². The summed E-state index contributed by atoms with van der Waals surface area (Å²) >= 11 is 3.35. The van der Waals surface area contributed by atoms with E-state index in [0.717, 1.165) is 15.6 Å². The average Bonchev–Trinajstić information content (AvgIpc) is 2.42. The number of hydrogen-bond acceptors (Lipinski definition) is 3. The molecular weight excluding hydrogens is 320 g/mol. The van der Waals surface area contributed by atoms with Crippen LogP contribution in [0.5, 0.6) is 11.5 Å². The second-order valence-electron chi connectivity index (χ2n) is 4.51. The summed E-state index contributed by atoms with van der Waals surface area (Å²) < 4.78 is 11.3. The summed E-state index contributed by atoms with van der Waals surface area (Å²) in [5.41, 5.74) is 2.45. The number of ether oxygens (including phenoxy) is 2. The molecule has 20 heavy (non-hydrogen) atoms. The molecule has 4 heteroatoms. The topological polar surface area (TPSA) is 35.5 Å². The molecule has 0 amide bonds. The first-order valence-electron chi connectivity index (χ1n) is 6.14. The van der Waals surface area contributed by atoms with E-state index in [0.29, 0.717) is 17.1 Å². The zero-order chi connectivity index (χ0) is 14.7. The standard InChI is InChI=1S/C16H15BrO3/c1-10-4-5-11(2)15(8-10)20-16(18)12-6-7-14(19-3)13(17)9-12/h4-9H,1-3H3. The van der Waals surface area contributed by atoms with Crippen molar-refractivity contribution in [2.45, 2.75) is 13.8 Å². The maximum absolute atomic E-state index is 12.1. The van der Waals surface area contributed by atoms with Crippen molar-refractivity contribution < 1.29 is 14.3 Å². The maximum atomic E-state index is 12.1. The lowest BCUT2D eigenvalue weighted by atomic mass is 10.1. The third kappa shape index (κ3) is 3.20. The van der Waals surface area contributed by atoms with Crippen molar-refractivity contribution in [2.75, 3.05) is 7.11 Å². The van der Waals surface area contributed by atoms with Crippen LogP contribution in [0.15, 0.2) is 40.9 Å². The predicted molar refractivity (Wildman–Crippen MR) is 81.6 cm³/mol. The van der Waals surface area contributed by atoms with E-state index in [1.165, 1.54) is 0 Å². The van der Waals surface area contributed by atoms with Crippen molar-refractivity contribution in [2.24, 2.45) is 0 Å². The summed E-state index contributed by atoms with van der Waals surface area (Å²) in [7, 11) is 1.58. The van der Waals surface area contributed by atoms with E-state index in [9.17, 15) is 4.79 Å². The highest BCUT2D eigenvalue weighted by Crippen LogP contribution is 2.27. The fraction of sp³-hybridized carbons (Fsp3) is 0.188. The van der Waals surface area contributed by atoms with Crippen LogP contribution in [0.2, 0.25) is 0 Å². The molecule has 0 atom stereocenters. The van der Waals surface area contributed by atoms with Crippen LogP contribution >= 0.6 is 15.9 Å². The van der Waals surface area contributed by atoms with E-state index in [4.69, 9.17) is 9.47 Å². The summed E-state index contributed by atoms with van der Waals surface area (Å²) in [6, 6.07) is 10.9. The van der Waals surface area contributed by atoms with Gasteiger partial charge < -0.3 is 9.47 Å². The minimum Gasteiger partial charge on any atom is -0.496 e. The molecule has 0 aliphatic carbocycles. The fourth-order valence-electron chi connectivity index (χ4n) is 1.77. The Labute approximate surface area is 126 Å². The smallest absolute Gasteiger partial charge is 0.343 e. The van der Waals surface area contributed by atoms with Gasteiger partial charge >= 0.3 is 5.97 Å². The summed E-state index contributed by atoms with van der Waals surface area (Å²) in [5.74, 6) is 0.872. The number of benzene rings is 2. The first-order chi connectivity index (χ1) is 9.51. The van der Waals surface area contributed by atoms with Crippen LogP contribution in [0.1, 0.15) is 21.5 Å². The van der Waals surface area contributed by atoms with Crippen molar-refractivity contribution in [1.82, 2.24) is 0 Å². The van der Waals surface area contributed by atoms with Crippen LogP contribution in [0.4, 0.5) is 0 Å². The number of methoxy groups -OCH3 is 1. The van der Waals surface area contributed by atoms with E-state index in [1.807, 2.05) is 32.0 Å². The highest BCUT2D eigenvalue weighted by molar-refractivity contribution is 9.10. The summed E-state index contributed by atoms with van der Waals surface area (Å²) in [5, 5.41) is 0. The molecule has 0 heterocycles.